The third-order valence-corrected chi connectivity index (χ3v) is 3.61. The van der Waals surface area contributed by atoms with Gasteiger partial charge in [-0.05, 0) is 30.3 Å². The molecule has 0 saturated carbocycles. The van der Waals surface area contributed by atoms with E-state index in [0.29, 0.717) is 17.1 Å². The molecule has 0 amide bonds. The second-order valence-electron chi connectivity index (χ2n) is 4.30. The maximum Gasteiger partial charge on any atom is 0.142 e. The van der Waals surface area contributed by atoms with Crippen molar-refractivity contribution in [3.05, 3.63) is 69.2 Å². The first-order valence-electron chi connectivity index (χ1n) is 6.16. The fraction of sp³-hybridized carbons (Fsp3) is 0.200. The van der Waals surface area contributed by atoms with Crippen molar-refractivity contribution in [2.24, 2.45) is 0 Å². The van der Waals surface area contributed by atoms with Gasteiger partial charge in [0.15, 0.2) is 0 Å². The fourth-order valence-electron chi connectivity index (χ4n) is 2.06. The summed E-state index contributed by atoms with van der Waals surface area (Å²) in [4.78, 5) is 0. The summed E-state index contributed by atoms with van der Waals surface area (Å²) >= 11 is 11.7. The Bertz CT molecular complexity index is 617. The van der Waals surface area contributed by atoms with Crippen LogP contribution in [0.4, 0.5) is 8.78 Å². The monoisotopic (exact) mass is 315 g/mol. The normalized spacial score (nSPS) is 12.4. The predicted octanol–water partition coefficient (Wildman–Crippen LogP) is 4.97. The number of benzene rings is 2. The molecule has 0 bridgehead atoms. The molecule has 0 aliphatic carbocycles. The third kappa shape index (κ3) is 3.11. The van der Waals surface area contributed by atoms with Gasteiger partial charge in [-0.15, -0.1) is 0 Å². The lowest BCUT2D eigenvalue weighted by Gasteiger charge is -2.21. The minimum absolute atomic E-state index is 0.182. The van der Waals surface area contributed by atoms with Crippen LogP contribution in [0.15, 0.2) is 36.4 Å². The molecule has 2 aromatic carbocycles. The van der Waals surface area contributed by atoms with Crippen LogP contribution in [0.3, 0.4) is 0 Å². The zero-order chi connectivity index (χ0) is 14.7. The van der Waals surface area contributed by atoms with Crippen molar-refractivity contribution in [1.82, 2.24) is 5.32 Å². The van der Waals surface area contributed by atoms with E-state index in [0.717, 1.165) is 12.1 Å². The van der Waals surface area contributed by atoms with Crippen molar-refractivity contribution in [2.45, 2.75) is 13.0 Å². The van der Waals surface area contributed by atoms with Crippen molar-refractivity contribution in [3.63, 3.8) is 0 Å². The van der Waals surface area contributed by atoms with Gasteiger partial charge in [0.25, 0.3) is 0 Å². The molecule has 5 heteroatoms. The van der Waals surface area contributed by atoms with Crippen molar-refractivity contribution >= 4 is 23.2 Å². The highest BCUT2D eigenvalue weighted by molar-refractivity contribution is 6.31. The number of hydrogen-bond acceptors (Lipinski definition) is 1. The van der Waals surface area contributed by atoms with Gasteiger partial charge in [0.1, 0.15) is 11.6 Å². The highest BCUT2D eigenvalue weighted by atomic mass is 35.5. The molecule has 1 N–H and O–H groups in total. The SMILES string of the molecule is CCNC(c1cc(F)c(Cl)cc1F)c1ccccc1Cl. The largest absolute Gasteiger partial charge is 0.306 e. The van der Waals surface area contributed by atoms with Gasteiger partial charge in [-0.1, -0.05) is 48.3 Å². The van der Waals surface area contributed by atoms with E-state index < -0.39 is 17.7 Å². The van der Waals surface area contributed by atoms with Crippen LogP contribution in [0.1, 0.15) is 24.1 Å². The second kappa shape index (κ2) is 6.53. The maximum atomic E-state index is 14.1. The summed E-state index contributed by atoms with van der Waals surface area (Å²) in [5.74, 6) is -1.22. The molecule has 1 nitrogen and oxygen atoms in total. The molecule has 0 spiro atoms. The molecule has 2 aromatic rings. The Morgan fingerprint density at radius 3 is 2.35 bits per heavy atom. The van der Waals surface area contributed by atoms with E-state index in [1.54, 1.807) is 24.3 Å². The molecular weight excluding hydrogens is 303 g/mol. The van der Waals surface area contributed by atoms with Crippen LogP contribution < -0.4 is 5.32 Å². The first kappa shape index (κ1) is 15.2. The van der Waals surface area contributed by atoms with Crippen LogP contribution in [0.2, 0.25) is 10.0 Å². The Morgan fingerprint density at radius 1 is 1.00 bits per heavy atom. The molecular formula is C15H13Cl2F2N. The van der Waals surface area contributed by atoms with Crippen molar-refractivity contribution < 1.29 is 8.78 Å². The number of rotatable bonds is 4. The van der Waals surface area contributed by atoms with Gasteiger partial charge in [0.05, 0.1) is 11.1 Å². The van der Waals surface area contributed by atoms with Gasteiger partial charge in [0, 0.05) is 10.6 Å². The van der Waals surface area contributed by atoms with Crippen molar-refractivity contribution in [2.75, 3.05) is 6.54 Å². The maximum absolute atomic E-state index is 14.1. The van der Waals surface area contributed by atoms with Crippen molar-refractivity contribution in [3.8, 4) is 0 Å². The first-order chi connectivity index (χ1) is 9.54. The first-order valence-corrected chi connectivity index (χ1v) is 6.92. The molecule has 2 rings (SSSR count). The lowest BCUT2D eigenvalue weighted by atomic mass is 9.98. The van der Waals surface area contributed by atoms with E-state index in [2.05, 4.69) is 5.32 Å². The molecule has 0 aliphatic heterocycles. The Kier molecular flexibility index (Phi) is 4.97. The van der Waals surface area contributed by atoms with Gasteiger partial charge in [-0.2, -0.15) is 0 Å². The highest BCUT2D eigenvalue weighted by Crippen LogP contribution is 2.31. The molecule has 1 unspecified atom stereocenters. The Balaban J connectivity index is 2.54. The molecule has 0 fully saturated rings. The molecule has 106 valence electrons. The van der Waals surface area contributed by atoms with Crippen molar-refractivity contribution in [1.29, 1.82) is 0 Å². The quantitative estimate of drug-likeness (QED) is 0.785. The van der Waals surface area contributed by atoms with Crippen LogP contribution in [-0.2, 0) is 0 Å². The molecule has 1 atom stereocenters. The molecule has 20 heavy (non-hydrogen) atoms. The van der Waals surface area contributed by atoms with E-state index in [-0.39, 0.29) is 10.6 Å². The van der Waals surface area contributed by atoms with Crippen LogP contribution in [0.5, 0.6) is 0 Å². The van der Waals surface area contributed by atoms with E-state index in [1.807, 2.05) is 6.92 Å². The van der Waals surface area contributed by atoms with E-state index in [4.69, 9.17) is 23.2 Å². The number of nitrogens with one attached hydrogen (secondary N) is 1. The Hall–Kier alpha value is -1.16. The molecule has 0 aliphatic rings. The zero-order valence-corrected chi connectivity index (χ0v) is 12.3. The third-order valence-electron chi connectivity index (χ3n) is 2.98. The van der Waals surface area contributed by atoms with E-state index in [1.165, 1.54) is 0 Å². The number of halogens is 4. The van der Waals surface area contributed by atoms with Gasteiger partial charge < -0.3 is 5.32 Å². The van der Waals surface area contributed by atoms with E-state index >= 15 is 0 Å². The zero-order valence-electron chi connectivity index (χ0n) is 10.8. The minimum atomic E-state index is -0.655. The molecule has 0 radical (unpaired) electrons. The van der Waals surface area contributed by atoms with Gasteiger partial charge >= 0.3 is 0 Å². The lowest BCUT2D eigenvalue weighted by molar-refractivity contribution is 0.545. The molecule has 0 saturated heterocycles. The topological polar surface area (TPSA) is 12.0 Å². The van der Waals surface area contributed by atoms with Gasteiger partial charge in [-0.25, -0.2) is 8.78 Å². The average molecular weight is 316 g/mol. The summed E-state index contributed by atoms with van der Waals surface area (Å²) in [5, 5.41) is 3.37. The van der Waals surface area contributed by atoms with Crippen LogP contribution in [-0.4, -0.2) is 6.54 Å². The highest BCUT2D eigenvalue weighted by Gasteiger charge is 2.21. The second-order valence-corrected chi connectivity index (χ2v) is 5.11. The lowest BCUT2D eigenvalue weighted by Crippen LogP contribution is -2.23. The van der Waals surface area contributed by atoms with Crippen LogP contribution in [0.25, 0.3) is 0 Å². The average Bonchev–Trinajstić information content (AvgIpc) is 2.42. The Morgan fingerprint density at radius 2 is 1.70 bits per heavy atom. The summed E-state index contributed by atoms with van der Waals surface area (Å²) in [6.45, 7) is 2.47. The standard InChI is InChI=1S/C15H13Cl2F2N/c1-2-20-15(9-5-3-4-6-11(9)16)10-7-14(19)12(17)8-13(10)18/h3-8,15,20H,2H2,1H3. The predicted molar refractivity (Wildman–Crippen MR) is 78.3 cm³/mol. The summed E-state index contributed by atoms with van der Waals surface area (Å²) in [5.41, 5.74) is 0.874. The summed E-state index contributed by atoms with van der Waals surface area (Å²) in [6, 6.07) is 8.64. The molecule has 0 aromatic heterocycles. The van der Waals surface area contributed by atoms with Gasteiger partial charge in [-0.3, -0.25) is 0 Å². The summed E-state index contributed by atoms with van der Waals surface area (Å²) in [6.07, 6.45) is 0. The fourth-order valence-corrected chi connectivity index (χ4v) is 2.46. The summed E-state index contributed by atoms with van der Waals surface area (Å²) in [7, 11) is 0. The smallest absolute Gasteiger partial charge is 0.142 e. The van der Waals surface area contributed by atoms with E-state index in [9.17, 15) is 8.78 Å². The minimum Gasteiger partial charge on any atom is -0.306 e. The van der Waals surface area contributed by atoms with Gasteiger partial charge in [0.2, 0.25) is 0 Å². The number of hydrogen-bond donors (Lipinski definition) is 1. The van der Waals surface area contributed by atoms with Crippen LogP contribution in [0, 0.1) is 11.6 Å². The molecule has 0 heterocycles. The van der Waals surface area contributed by atoms with Crippen LogP contribution >= 0.6 is 23.2 Å². The summed E-state index contributed by atoms with van der Waals surface area (Å²) < 4.78 is 27.7. The Labute approximate surface area is 126 Å².